The zero-order valence-electron chi connectivity index (χ0n) is 10.4. The van der Waals surface area contributed by atoms with Crippen LogP contribution in [0.25, 0.3) is 0 Å². The highest BCUT2D eigenvalue weighted by atomic mass is 35.5. The fraction of sp³-hybridized carbons (Fsp3) is 0.231. The van der Waals surface area contributed by atoms with Crippen LogP contribution in [0.4, 0.5) is 10.1 Å². The summed E-state index contributed by atoms with van der Waals surface area (Å²) in [5, 5.41) is 5.77. The average molecular weight is 295 g/mol. The minimum absolute atomic E-state index is 0.00814. The Hall–Kier alpha value is -1.92. The number of halogens is 2. The van der Waals surface area contributed by atoms with E-state index in [4.69, 9.17) is 11.6 Å². The number of para-hydroxylation sites is 1. The van der Waals surface area contributed by atoms with Crippen LogP contribution in [0, 0.1) is 5.82 Å². The number of nitrogens with one attached hydrogen (secondary N) is 3. The van der Waals surface area contributed by atoms with E-state index in [0.717, 1.165) is 11.4 Å². The predicted octanol–water partition coefficient (Wildman–Crippen LogP) is 1.86. The topological polar surface area (TPSA) is 69.8 Å². The van der Waals surface area contributed by atoms with E-state index in [1.807, 2.05) is 0 Å². The van der Waals surface area contributed by atoms with Gasteiger partial charge < -0.3 is 10.3 Å². The van der Waals surface area contributed by atoms with Crippen molar-refractivity contribution >= 4 is 23.2 Å². The fourth-order valence-electron chi connectivity index (χ4n) is 2.18. The number of H-pyrrole nitrogens is 1. The van der Waals surface area contributed by atoms with Crippen LogP contribution in [0.3, 0.4) is 0 Å². The number of amides is 1. The molecule has 0 bridgehead atoms. The van der Waals surface area contributed by atoms with E-state index in [0.29, 0.717) is 13.0 Å². The Morgan fingerprint density at radius 3 is 3.15 bits per heavy atom. The number of carbonyl (C=O) groups is 1. The summed E-state index contributed by atoms with van der Waals surface area (Å²) in [4.78, 5) is 19.3. The monoisotopic (exact) mass is 294 g/mol. The maximum absolute atomic E-state index is 13.6. The molecule has 0 saturated carbocycles. The van der Waals surface area contributed by atoms with Gasteiger partial charge in [-0.15, -0.1) is 0 Å². The molecule has 1 atom stereocenters. The van der Waals surface area contributed by atoms with Crippen LogP contribution >= 0.6 is 11.6 Å². The Morgan fingerprint density at radius 1 is 1.50 bits per heavy atom. The third kappa shape index (κ3) is 2.39. The summed E-state index contributed by atoms with van der Waals surface area (Å²) in [6.45, 7) is 0.526. The summed E-state index contributed by atoms with van der Waals surface area (Å²) in [6.07, 6.45) is 2.05. The number of aromatic nitrogens is 2. The van der Waals surface area contributed by atoms with Gasteiger partial charge in [-0.05, 0) is 12.1 Å². The average Bonchev–Trinajstić information content (AvgIpc) is 2.90. The second kappa shape index (κ2) is 5.22. The molecule has 1 aromatic carbocycles. The van der Waals surface area contributed by atoms with E-state index >= 15 is 0 Å². The highest BCUT2D eigenvalue weighted by Gasteiger charge is 2.26. The number of carbonyl (C=O) groups excluding carboxylic acids is 1. The van der Waals surface area contributed by atoms with Gasteiger partial charge >= 0.3 is 0 Å². The van der Waals surface area contributed by atoms with Gasteiger partial charge in [0.1, 0.15) is 5.82 Å². The van der Waals surface area contributed by atoms with E-state index in [-0.39, 0.29) is 16.6 Å². The second-order valence-corrected chi connectivity index (χ2v) is 4.96. The van der Waals surface area contributed by atoms with Crippen molar-refractivity contribution in [3.8, 4) is 0 Å². The van der Waals surface area contributed by atoms with Crippen molar-refractivity contribution in [2.75, 3.05) is 5.32 Å². The van der Waals surface area contributed by atoms with Crippen LogP contribution in [0.5, 0.6) is 0 Å². The molecule has 2 heterocycles. The predicted molar refractivity (Wildman–Crippen MR) is 73.0 cm³/mol. The summed E-state index contributed by atoms with van der Waals surface area (Å²) in [7, 11) is 0. The third-order valence-electron chi connectivity index (χ3n) is 3.26. The third-order valence-corrected chi connectivity index (χ3v) is 3.57. The van der Waals surface area contributed by atoms with Gasteiger partial charge in [-0.1, -0.05) is 17.7 Å². The lowest BCUT2D eigenvalue weighted by atomic mass is 10.0. The smallest absolute Gasteiger partial charge is 0.242 e. The van der Waals surface area contributed by atoms with E-state index in [9.17, 15) is 9.18 Å². The Morgan fingerprint density at radius 2 is 2.35 bits per heavy atom. The van der Waals surface area contributed by atoms with E-state index in [1.54, 1.807) is 6.33 Å². The molecule has 0 fully saturated rings. The normalized spacial score (nSPS) is 17.6. The molecule has 0 spiro atoms. The van der Waals surface area contributed by atoms with Gasteiger partial charge in [0.05, 0.1) is 34.5 Å². The van der Waals surface area contributed by atoms with E-state index < -0.39 is 11.9 Å². The first-order valence-corrected chi connectivity index (χ1v) is 6.52. The zero-order valence-corrected chi connectivity index (χ0v) is 11.2. The SMILES string of the molecule is O=C(Nc1c(F)cccc1Cl)C1Cc2nc[nH]c2CN1. The Kier molecular flexibility index (Phi) is 3.42. The van der Waals surface area contributed by atoms with Crippen molar-refractivity contribution < 1.29 is 9.18 Å². The molecule has 0 aliphatic carbocycles. The zero-order chi connectivity index (χ0) is 14.1. The molecule has 7 heteroatoms. The Bertz CT molecular complexity index is 637. The lowest BCUT2D eigenvalue weighted by Gasteiger charge is -2.22. The molecular weight excluding hydrogens is 283 g/mol. The van der Waals surface area contributed by atoms with Gasteiger partial charge in [-0.25, -0.2) is 9.37 Å². The van der Waals surface area contributed by atoms with Gasteiger partial charge in [0.25, 0.3) is 0 Å². The number of fused-ring (bicyclic) bond motifs is 1. The van der Waals surface area contributed by atoms with Crippen molar-refractivity contribution in [3.63, 3.8) is 0 Å². The van der Waals surface area contributed by atoms with Gasteiger partial charge in [0.15, 0.2) is 0 Å². The number of nitrogens with zero attached hydrogens (tertiary/aromatic N) is 1. The molecular formula is C13H12ClFN4O. The quantitative estimate of drug-likeness (QED) is 0.792. The molecule has 1 aliphatic rings. The van der Waals surface area contributed by atoms with Crippen molar-refractivity contribution in [2.24, 2.45) is 0 Å². The molecule has 3 rings (SSSR count). The number of rotatable bonds is 2. The minimum Gasteiger partial charge on any atom is -0.347 e. The molecule has 5 nitrogen and oxygen atoms in total. The summed E-state index contributed by atoms with van der Waals surface area (Å²) in [5.41, 5.74) is 1.83. The largest absolute Gasteiger partial charge is 0.347 e. The van der Waals surface area contributed by atoms with Crippen LogP contribution in [0.1, 0.15) is 11.4 Å². The number of imidazole rings is 1. The summed E-state index contributed by atoms with van der Waals surface area (Å²) >= 11 is 5.88. The van der Waals surface area contributed by atoms with Crippen molar-refractivity contribution in [3.05, 3.63) is 46.8 Å². The number of hydrogen-bond donors (Lipinski definition) is 3. The van der Waals surface area contributed by atoms with Crippen molar-refractivity contribution in [1.82, 2.24) is 15.3 Å². The summed E-state index contributed by atoms with van der Waals surface area (Å²) in [6, 6.07) is 3.81. The highest BCUT2D eigenvalue weighted by molar-refractivity contribution is 6.33. The molecule has 104 valence electrons. The van der Waals surface area contributed by atoms with Crippen molar-refractivity contribution in [1.29, 1.82) is 0 Å². The van der Waals surface area contributed by atoms with Crippen LogP contribution in [0.15, 0.2) is 24.5 Å². The first kappa shape index (κ1) is 13.1. The molecule has 1 amide bonds. The molecule has 3 N–H and O–H groups in total. The first-order chi connectivity index (χ1) is 9.65. The molecule has 1 aromatic heterocycles. The first-order valence-electron chi connectivity index (χ1n) is 6.14. The molecule has 20 heavy (non-hydrogen) atoms. The maximum Gasteiger partial charge on any atom is 0.242 e. The molecule has 2 aromatic rings. The van der Waals surface area contributed by atoms with E-state index in [2.05, 4.69) is 20.6 Å². The molecule has 0 radical (unpaired) electrons. The summed E-state index contributed by atoms with van der Waals surface area (Å²) in [5.74, 6) is -0.882. The Labute approximate surface area is 119 Å². The standard InChI is InChI=1S/C13H12ClFN4O/c14-7-2-1-3-8(15)12(7)19-13(20)10-4-9-11(5-16-10)18-6-17-9/h1-3,6,10,16H,4-5H2,(H,17,18)(H,19,20). The molecule has 0 saturated heterocycles. The van der Waals surface area contributed by atoms with Gasteiger partial charge in [0.2, 0.25) is 5.91 Å². The molecule has 1 aliphatic heterocycles. The van der Waals surface area contributed by atoms with E-state index in [1.165, 1.54) is 18.2 Å². The fourth-order valence-corrected chi connectivity index (χ4v) is 2.39. The van der Waals surface area contributed by atoms with Crippen molar-refractivity contribution in [2.45, 2.75) is 19.0 Å². The number of anilines is 1. The molecule has 1 unspecified atom stereocenters. The summed E-state index contributed by atoms with van der Waals surface area (Å²) < 4.78 is 13.6. The highest BCUT2D eigenvalue weighted by Crippen LogP contribution is 2.25. The number of benzene rings is 1. The second-order valence-electron chi connectivity index (χ2n) is 4.55. The van der Waals surface area contributed by atoms with Crippen LogP contribution in [-0.4, -0.2) is 21.9 Å². The lowest BCUT2D eigenvalue weighted by molar-refractivity contribution is -0.118. The maximum atomic E-state index is 13.6. The number of aromatic amines is 1. The lowest BCUT2D eigenvalue weighted by Crippen LogP contribution is -2.44. The van der Waals surface area contributed by atoms with Crippen LogP contribution < -0.4 is 10.6 Å². The van der Waals surface area contributed by atoms with Gasteiger partial charge in [-0.2, -0.15) is 0 Å². The van der Waals surface area contributed by atoms with Crippen LogP contribution in [0.2, 0.25) is 5.02 Å². The minimum atomic E-state index is -0.554. The van der Waals surface area contributed by atoms with Gasteiger partial charge in [0, 0.05) is 13.0 Å². The Balaban J connectivity index is 1.75. The van der Waals surface area contributed by atoms with Crippen LogP contribution in [-0.2, 0) is 17.8 Å². The number of hydrogen-bond acceptors (Lipinski definition) is 3. The van der Waals surface area contributed by atoms with Gasteiger partial charge in [-0.3, -0.25) is 10.1 Å².